The van der Waals surface area contributed by atoms with Gasteiger partial charge in [0.2, 0.25) is 11.8 Å². The van der Waals surface area contributed by atoms with Crippen molar-refractivity contribution in [3.63, 3.8) is 0 Å². The minimum absolute atomic E-state index is 0.131. The molecular formula is C20H20N2O2S. The Morgan fingerprint density at radius 2 is 2.12 bits per heavy atom. The van der Waals surface area contributed by atoms with Gasteiger partial charge in [-0.1, -0.05) is 24.3 Å². The third-order valence-corrected chi connectivity index (χ3v) is 5.65. The van der Waals surface area contributed by atoms with Crippen LogP contribution in [0.15, 0.2) is 52.3 Å². The number of aryl methyl sites for hydroxylation is 1. The van der Waals surface area contributed by atoms with Gasteiger partial charge in [-0.15, -0.1) is 11.3 Å². The Hall–Kier alpha value is -2.40. The number of carbonyl (C=O) groups excluding carboxylic acids is 1. The highest BCUT2D eigenvalue weighted by atomic mass is 32.1. The SMILES string of the molecule is Cc1oc(-c2ccccc2)nc1CC(=O)N1CCC[C@H]1c1cccs1. The molecule has 0 unspecified atom stereocenters. The van der Waals surface area contributed by atoms with Crippen molar-refractivity contribution in [2.45, 2.75) is 32.2 Å². The van der Waals surface area contributed by atoms with E-state index in [-0.39, 0.29) is 11.9 Å². The summed E-state index contributed by atoms with van der Waals surface area (Å²) in [6.45, 7) is 2.70. The van der Waals surface area contributed by atoms with Crippen molar-refractivity contribution in [3.05, 3.63) is 64.2 Å². The Labute approximate surface area is 151 Å². The topological polar surface area (TPSA) is 46.3 Å². The average Bonchev–Trinajstić information content (AvgIpc) is 3.36. The fraction of sp³-hybridized carbons (Fsp3) is 0.300. The molecule has 0 N–H and O–H groups in total. The van der Waals surface area contributed by atoms with Gasteiger partial charge in [-0.2, -0.15) is 0 Å². The molecule has 1 saturated heterocycles. The van der Waals surface area contributed by atoms with Gasteiger partial charge in [0.05, 0.1) is 18.2 Å². The number of oxazole rings is 1. The second-order valence-corrected chi connectivity index (χ2v) is 7.30. The summed E-state index contributed by atoms with van der Waals surface area (Å²) >= 11 is 1.72. The lowest BCUT2D eigenvalue weighted by atomic mass is 10.1. The van der Waals surface area contributed by atoms with Crippen LogP contribution in [0.2, 0.25) is 0 Å². The summed E-state index contributed by atoms with van der Waals surface area (Å²) in [7, 11) is 0. The first-order valence-electron chi connectivity index (χ1n) is 8.57. The zero-order valence-electron chi connectivity index (χ0n) is 14.1. The molecule has 128 valence electrons. The fourth-order valence-corrected chi connectivity index (χ4v) is 4.26. The maximum absolute atomic E-state index is 12.9. The summed E-state index contributed by atoms with van der Waals surface area (Å²) in [4.78, 5) is 20.7. The van der Waals surface area contributed by atoms with E-state index in [4.69, 9.17) is 4.42 Å². The predicted octanol–water partition coefficient (Wildman–Crippen LogP) is 4.62. The molecule has 4 rings (SSSR count). The van der Waals surface area contributed by atoms with E-state index in [0.29, 0.717) is 12.3 Å². The Morgan fingerprint density at radius 3 is 2.88 bits per heavy atom. The summed E-state index contributed by atoms with van der Waals surface area (Å²) in [5, 5.41) is 2.07. The van der Waals surface area contributed by atoms with Gasteiger partial charge in [0.15, 0.2) is 0 Å². The van der Waals surface area contributed by atoms with E-state index >= 15 is 0 Å². The molecule has 1 aliphatic heterocycles. The van der Waals surface area contributed by atoms with Gasteiger partial charge < -0.3 is 9.32 Å². The first-order chi connectivity index (χ1) is 12.2. The maximum Gasteiger partial charge on any atom is 0.229 e. The number of hydrogen-bond acceptors (Lipinski definition) is 4. The molecule has 1 fully saturated rings. The lowest BCUT2D eigenvalue weighted by Crippen LogP contribution is -2.31. The van der Waals surface area contributed by atoms with Crippen LogP contribution in [0, 0.1) is 6.92 Å². The van der Waals surface area contributed by atoms with Crippen LogP contribution in [-0.2, 0) is 11.2 Å². The lowest BCUT2D eigenvalue weighted by Gasteiger charge is -2.23. The minimum Gasteiger partial charge on any atom is -0.441 e. The number of aromatic nitrogens is 1. The van der Waals surface area contributed by atoms with Crippen LogP contribution in [0.4, 0.5) is 0 Å². The summed E-state index contributed by atoms with van der Waals surface area (Å²) in [6.07, 6.45) is 2.39. The molecule has 5 heteroatoms. The van der Waals surface area contributed by atoms with Crippen molar-refractivity contribution in [3.8, 4) is 11.5 Å². The van der Waals surface area contributed by atoms with Gasteiger partial charge in [0, 0.05) is 17.0 Å². The number of carbonyl (C=O) groups is 1. The van der Waals surface area contributed by atoms with Gasteiger partial charge in [-0.3, -0.25) is 4.79 Å². The van der Waals surface area contributed by atoms with Crippen molar-refractivity contribution in [2.24, 2.45) is 0 Å². The number of benzene rings is 1. The van der Waals surface area contributed by atoms with Crippen molar-refractivity contribution in [2.75, 3.05) is 6.54 Å². The molecule has 2 aromatic heterocycles. The van der Waals surface area contributed by atoms with Gasteiger partial charge in [0.25, 0.3) is 0 Å². The molecule has 0 radical (unpaired) electrons. The standard InChI is InChI=1S/C20H20N2O2S/c1-14-16(21-20(24-14)15-7-3-2-4-8-15)13-19(23)22-11-5-9-17(22)18-10-6-12-25-18/h2-4,6-8,10,12,17H,5,9,11,13H2,1H3/t17-/m0/s1. The Bertz CT molecular complexity index is 855. The summed E-state index contributed by atoms with van der Waals surface area (Å²) in [5.41, 5.74) is 1.67. The average molecular weight is 352 g/mol. The van der Waals surface area contributed by atoms with Gasteiger partial charge >= 0.3 is 0 Å². The number of nitrogens with zero attached hydrogens (tertiary/aromatic N) is 2. The second-order valence-electron chi connectivity index (χ2n) is 6.33. The minimum atomic E-state index is 0.131. The molecule has 0 spiro atoms. The van der Waals surface area contributed by atoms with E-state index in [1.807, 2.05) is 42.2 Å². The van der Waals surface area contributed by atoms with Crippen molar-refractivity contribution in [1.29, 1.82) is 0 Å². The molecule has 1 amide bonds. The van der Waals surface area contributed by atoms with Crippen LogP contribution in [0.3, 0.4) is 0 Å². The third kappa shape index (κ3) is 3.24. The highest BCUT2D eigenvalue weighted by Gasteiger charge is 2.31. The smallest absolute Gasteiger partial charge is 0.229 e. The highest BCUT2D eigenvalue weighted by molar-refractivity contribution is 7.10. The third-order valence-electron chi connectivity index (χ3n) is 4.68. The molecule has 3 aromatic rings. The van der Waals surface area contributed by atoms with Crippen molar-refractivity contribution >= 4 is 17.2 Å². The Kier molecular flexibility index (Phi) is 4.40. The van der Waals surface area contributed by atoms with Crippen LogP contribution in [0.5, 0.6) is 0 Å². The fourth-order valence-electron chi connectivity index (χ4n) is 3.38. The quantitative estimate of drug-likeness (QED) is 0.688. The predicted molar refractivity (Wildman–Crippen MR) is 98.4 cm³/mol. The highest BCUT2D eigenvalue weighted by Crippen LogP contribution is 2.35. The van der Waals surface area contributed by atoms with Crippen molar-refractivity contribution < 1.29 is 9.21 Å². The number of hydrogen-bond donors (Lipinski definition) is 0. The number of likely N-dealkylation sites (tertiary alicyclic amines) is 1. The van der Waals surface area contributed by atoms with Gasteiger partial charge in [-0.05, 0) is 43.3 Å². The van der Waals surface area contributed by atoms with Crippen LogP contribution in [-0.4, -0.2) is 22.3 Å². The molecule has 25 heavy (non-hydrogen) atoms. The summed E-state index contributed by atoms with van der Waals surface area (Å²) in [5.74, 6) is 1.43. The monoisotopic (exact) mass is 352 g/mol. The molecule has 0 bridgehead atoms. The Morgan fingerprint density at radius 1 is 1.28 bits per heavy atom. The number of thiophene rings is 1. The van der Waals surface area contributed by atoms with Crippen LogP contribution in [0.1, 0.15) is 35.2 Å². The van der Waals surface area contributed by atoms with Crippen LogP contribution >= 0.6 is 11.3 Å². The molecule has 0 aliphatic carbocycles. The van der Waals surface area contributed by atoms with E-state index < -0.39 is 0 Å². The Balaban J connectivity index is 1.52. The van der Waals surface area contributed by atoms with Gasteiger partial charge in [-0.25, -0.2) is 4.98 Å². The zero-order chi connectivity index (χ0) is 17.2. The molecule has 1 aromatic carbocycles. The molecule has 1 atom stereocenters. The van der Waals surface area contributed by atoms with E-state index in [9.17, 15) is 4.79 Å². The van der Waals surface area contributed by atoms with Gasteiger partial charge in [0.1, 0.15) is 5.76 Å². The zero-order valence-corrected chi connectivity index (χ0v) is 15.0. The first kappa shape index (κ1) is 16.1. The molecule has 1 aliphatic rings. The molecule has 0 saturated carbocycles. The van der Waals surface area contributed by atoms with Crippen LogP contribution in [0.25, 0.3) is 11.5 Å². The van der Waals surface area contributed by atoms with E-state index in [0.717, 1.165) is 36.4 Å². The van der Waals surface area contributed by atoms with E-state index in [2.05, 4.69) is 22.5 Å². The van der Waals surface area contributed by atoms with E-state index in [1.165, 1.54) is 4.88 Å². The van der Waals surface area contributed by atoms with Crippen LogP contribution < -0.4 is 0 Å². The largest absolute Gasteiger partial charge is 0.441 e. The first-order valence-corrected chi connectivity index (χ1v) is 9.45. The number of amides is 1. The normalized spacial score (nSPS) is 17.2. The summed E-state index contributed by atoms with van der Waals surface area (Å²) < 4.78 is 5.78. The number of rotatable bonds is 4. The molecule has 3 heterocycles. The molecular weight excluding hydrogens is 332 g/mol. The van der Waals surface area contributed by atoms with E-state index in [1.54, 1.807) is 11.3 Å². The maximum atomic E-state index is 12.9. The molecule has 4 nitrogen and oxygen atoms in total. The summed E-state index contributed by atoms with van der Waals surface area (Å²) in [6, 6.07) is 14.2. The second kappa shape index (κ2) is 6.84. The van der Waals surface area contributed by atoms with Crippen molar-refractivity contribution in [1.82, 2.24) is 9.88 Å². The lowest BCUT2D eigenvalue weighted by molar-refractivity contribution is -0.131.